The fraction of sp³-hybridized carbons (Fsp3) is 0.250. The number of thiazole rings is 1. The fourth-order valence-electron chi connectivity index (χ4n) is 0.350. The molecule has 0 fully saturated rings. The molecular weight excluding hydrogens is 200 g/mol. The molecule has 0 atom stereocenters. The Kier molecular flexibility index (Phi) is 4.58. The summed E-state index contributed by atoms with van der Waals surface area (Å²) >= 11 is 12.4. The monoisotopic (exact) mass is 203 g/mol. The van der Waals surface area contributed by atoms with E-state index in [4.69, 9.17) is 23.2 Å². The van der Waals surface area contributed by atoms with Crippen molar-refractivity contribution in [3.63, 3.8) is 0 Å². The lowest BCUT2D eigenvalue weighted by molar-refractivity contribution is 1.26. The van der Waals surface area contributed by atoms with Crippen molar-refractivity contribution in [1.29, 1.82) is 0 Å². The Labute approximate surface area is 73.4 Å². The second kappa shape index (κ2) is 4.34. The zero-order valence-electron chi connectivity index (χ0n) is 4.30. The Morgan fingerprint density at radius 3 is 2.56 bits per heavy atom. The zero-order valence-corrected chi connectivity index (χ0v) is 7.45. The molecule has 0 radical (unpaired) electrons. The molecule has 52 valence electrons. The van der Waals surface area contributed by atoms with E-state index >= 15 is 0 Å². The van der Waals surface area contributed by atoms with E-state index in [1.54, 1.807) is 6.20 Å². The minimum atomic E-state index is 0. The minimum absolute atomic E-state index is 0. The van der Waals surface area contributed by atoms with E-state index in [1.165, 1.54) is 11.3 Å². The van der Waals surface area contributed by atoms with Crippen LogP contribution in [0.5, 0.6) is 0 Å². The van der Waals surface area contributed by atoms with E-state index in [-0.39, 0.29) is 12.4 Å². The molecular formula is C4H4Cl3NS. The molecule has 0 aliphatic carbocycles. The first-order valence-electron chi connectivity index (χ1n) is 1.99. The van der Waals surface area contributed by atoms with Gasteiger partial charge in [-0.25, -0.2) is 4.98 Å². The standard InChI is InChI=1S/C4H3Cl2NS.ClH/c5-1-4-7-2-3(6)8-4;/h2H,1H2;1H. The van der Waals surface area contributed by atoms with Gasteiger partial charge in [0.05, 0.1) is 12.1 Å². The summed E-state index contributed by atoms with van der Waals surface area (Å²) in [5, 5.41) is 0.872. The van der Waals surface area contributed by atoms with Crippen molar-refractivity contribution in [2.45, 2.75) is 5.88 Å². The summed E-state index contributed by atoms with van der Waals surface area (Å²) in [4.78, 5) is 3.89. The van der Waals surface area contributed by atoms with E-state index in [9.17, 15) is 0 Å². The van der Waals surface area contributed by atoms with Gasteiger partial charge in [-0.05, 0) is 0 Å². The molecule has 0 N–H and O–H groups in total. The van der Waals surface area contributed by atoms with E-state index in [1.807, 2.05) is 0 Å². The number of alkyl halides is 1. The lowest BCUT2D eigenvalue weighted by Gasteiger charge is -1.75. The van der Waals surface area contributed by atoms with Crippen LogP contribution in [0.3, 0.4) is 0 Å². The van der Waals surface area contributed by atoms with Gasteiger partial charge in [-0.1, -0.05) is 11.6 Å². The van der Waals surface area contributed by atoms with Crippen molar-refractivity contribution >= 4 is 46.9 Å². The molecule has 0 amide bonds. The van der Waals surface area contributed by atoms with Gasteiger partial charge in [-0.3, -0.25) is 0 Å². The normalized spacial score (nSPS) is 8.67. The third kappa shape index (κ3) is 2.72. The van der Waals surface area contributed by atoms with Crippen LogP contribution < -0.4 is 0 Å². The van der Waals surface area contributed by atoms with E-state index in [0.717, 1.165) is 5.01 Å². The maximum atomic E-state index is 5.54. The molecule has 0 aliphatic heterocycles. The second-order valence-corrected chi connectivity index (χ2v) is 3.21. The lowest BCUT2D eigenvalue weighted by atomic mass is 10.8. The molecule has 1 rings (SSSR count). The summed E-state index contributed by atoms with van der Waals surface area (Å²) in [6.07, 6.45) is 1.60. The number of hydrogen-bond donors (Lipinski definition) is 0. The van der Waals surface area contributed by atoms with E-state index in [2.05, 4.69) is 4.98 Å². The van der Waals surface area contributed by atoms with Crippen LogP contribution in [0.4, 0.5) is 0 Å². The highest BCUT2D eigenvalue weighted by molar-refractivity contribution is 7.15. The predicted octanol–water partition coefficient (Wildman–Crippen LogP) is 2.96. The smallest absolute Gasteiger partial charge is 0.113 e. The van der Waals surface area contributed by atoms with Gasteiger partial charge in [-0.2, -0.15) is 0 Å². The number of halogens is 3. The van der Waals surface area contributed by atoms with Crippen molar-refractivity contribution < 1.29 is 0 Å². The van der Waals surface area contributed by atoms with E-state index < -0.39 is 0 Å². The summed E-state index contributed by atoms with van der Waals surface area (Å²) in [6.45, 7) is 0. The molecule has 0 aromatic carbocycles. The molecule has 0 unspecified atom stereocenters. The van der Waals surface area contributed by atoms with Crippen LogP contribution >= 0.6 is 46.9 Å². The summed E-state index contributed by atoms with van der Waals surface area (Å²) in [6, 6.07) is 0. The fourth-order valence-corrected chi connectivity index (χ4v) is 1.39. The Morgan fingerprint density at radius 1 is 1.67 bits per heavy atom. The molecule has 1 heterocycles. The van der Waals surface area contributed by atoms with Gasteiger partial charge in [0.1, 0.15) is 9.34 Å². The van der Waals surface area contributed by atoms with Gasteiger partial charge in [0.2, 0.25) is 0 Å². The highest BCUT2D eigenvalue weighted by Gasteiger charge is 1.94. The Balaban J connectivity index is 0.000000640. The van der Waals surface area contributed by atoms with Crippen molar-refractivity contribution in [2.75, 3.05) is 0 Å². The maximum absolute atomic E-state index is 5.54. The highest BCUT2D eigenvalue weighted by atomic mass is 35.5. The Bertz CT molecular complexity index is 176. The molecule has 0 aliphatic rings. The van der Waals surface area contributed by atoms with Gasteiger partial charge in [0.15, 0.2) is 0 Å². The average molecular weight is 205 g/mol. The van der Waals surface area contributed by atoms with Crippen molar-refractivity contribution in [2.24, 2.45) is 0 Å². The second-order valence-electron chi connectivity index (χ2n) is 1.19. The van der Waals surface area contributed by atoms with Crippen LogP contribution in [0.2, 0.25) is 4.34 Å². The van der Waals surface area contributed by atoms with Gasteiger partial charge in [0, 0.05) is 0 Å². The van der Waals surface area contributed by atoms with Crippen molar-refractivity contribution in [1.82, 2.24) is 4.98 Å². The highest BCUT2D eigenvalue weighted by Crippen LogP contribution is 2.18. The molecule has 0 bridgehead atoms. The Morgan fingerprint density at radius 2 is 2.33 bits per heavy atom. The van der Waals surface area contributed by atoms with Crippen LogP contribution in [0.1, 0.15) is 5.01 Å². The first kappa shape index (κ1) is 9.50. The lowest BCUT2D eigenvalue weighted by Crippen LogP contribution is -1.67. The average Bonchev–Trinajstić information content (AvgIpc) is 2.14. The number of aromatic nitrogens is 1. The molecule has 0 saturated carbocycles. The SMILES string of the molecule is Cl.ClCc1ncc(Cl)s1. The molecule has 0 spiro atoms. The quantitative estimate of drug-likeness (QED) is 0.641. The molecule has 9 heavy (non-hydrogen) atoms. The molecule has 1 nitrogen and oxygen atoms in total. The van der Waals surface area contributed by atoms with E-state index in [0.29, 0.717) is 10.2 Å². The largest absolute Gasteiger partial charge is 0.247 e. The number of nitrogens with zero attached hydrogens (tertiary/aromatic N) is 1. The molecule has 0 saturated heterocycles. The van der Waals surface area contributed by atoms with Gasteiger partial charge < -0.3 is 0 Å². The maximum Gasteiger partial charge on any atom is 0.113 e. The van der Waals surface area contributed by atoms with Gasteiger partial charge in [0.25, 0.3) is 0 Å². The van der Waals surface area contributed by atoms with Gasteiger partial charge in [-0.15, -0.1) is 35.3 Å². The molecule has 1 aromatic heterocycles. The summed E-state index contributed by atoms with van der Waals surface area (Å²) in [7, 11) is 0. The number of rotatable bonds is 1. The minimum Gasteiger partial charge on any atom is -0.247 e. The van der Waals surface area contributed by atoms with Crippen LogP contribution in [-0.4, -0.2) is 4.98 Å². The van der Waals surface area contributed by atoms with Gasteiger partial charge >= 0.3 is 0 Å². The van der Waals surface area contributed by atoms with Crippen LogP contribution in [0.25, 0.3) is 0 Å². The summed E-state index contributed by atoms with van der Waals surface area (Å²) in [5.41, 5.74) is 0. The Hall–Kier alpha value is 0.500. The predicted molar refractivity (Wildman–Crippen MR) is 43.9 cm³/mol. The molecule has 5 heteroatoms. The van der Waals surface area contributed by atoms with Crippen LogP contribution in [-0.2, 0) is 5.88 Å². The third-order valence-corrected chi connectivity index (χ3v) is 2.17. The third-order valence-electron chi connectivity index (χ3n) is 0.640. The van der Waals surface area contributed by atoms with Crippen LogP contribution in [0.15, 0.2) is 6.20 Å². The summed E-state index contributed by atoms with van der Waals surface area (Å²) < 4.78 is 0.695. The first-order chi connectivity index (χ1) is 3.83. The van der Waals surface area contributed by atoms with Crippen molar-refractivity contribution in [3.05, 3.63) is 15.5 Å². The first-order valence-corrected chi connectivity index (χ1v) is 3.72. The van der Waals surface area contributed by atoms with Crippen LogP contribution in [0, 0.1) is 0 Å². The van der Waals surface area contributed by atoms with Crippen molar-refractivity contribution in [3.8, 4) is 0 Å². The molecule has 1 aromatic rings. The summed E-state index contributed by atoms with van der Waals surface area (Å²) in [5.74, 6) is 0.456. The topological polar surface area (TPSA) is 12.9 Å². The zero-order chi connectivity index (χ0) is 5.98. The number of hydrogen-bond acceptors (Lipinski definition) is 2.